The van der Waals surface area contributed by atoms with Gasteiger partial charge in [-0.1, -0.05) is 29.8 Å². The Balaban J connectivity index is 1.97. The number of aromatic nitrogens is 3. The van der Waals surface area contributed by atoms with Gasteiger partial charge >= 0.3 is 0 Å². The van der Waals surface area contributed by atoms with Crippen LogP contribution in [0.25, 0.3) is 11.8 Å². The number of aromatic amines is 2. The first kappa shape index (κ1) is 18.2. The maximum Gasteiger partial charge on any atom is 0.270 e. The van der Waals surface area contributed by atoms with Crippen LogP contribution in [-0.4, -0.2) is 26.0 Å². The molecule has 1 heterocycles. The standard InChI is InChI=1S/C18H15N5O3S/c1-11-5-7-13(8-6-11)17(24)19-15(16-20-18(27)22-21-16)10-12-3-2-4-14(9-12)23(25)26/h2-10H,1H3,(H,19,24)(H2,20,21,22,27)/b15-10-. The number of benzene rings is 2. The van der Waals surface area contributed by atoms with E-state index < -0.39 is 4.92 Å². The van der Waals surface area contributed by atoms with Crippen molar-refractivity contribution in [2.75, 3.05) is 0 Å². The van der Waals surface area contributed by atoms with Crippen molar-refractivity contribution in [3.8, 4) is 0 Å². The second-order valence-corrected chi connectivity index (χ2v) is 6.13. The van der Waals surface area contributed by atoms with Gasteiger partial charge in [0.15, 0.2) is 5.82 Å². The van der Waals surface area contributed by atoms with Crippen molar-refractivity contribution in [3.63, 3.8) is 0 Å². The van der Waals surface area contributed by atoms with E-state index in [1.165, 1.54) is 12.1 Å². The molecule has 1 aromatic heterocycles. The number of H-pyrrole nitrogens is 2. The lowest BCUT2D eigenvalue weighted by atomic mass is 10.1. The van der Waals surface area contributed by atoms with Gasteiger partial charge in [-0.2, -0.15) is 4.98 Å². The van der Waals surface area contributed by atoms with Crippen molar-refractivity contribution in [1.29, 1.82) is 0 Å². The summed E-state index contributed by atoms with van der Waals surface area (Å²) in [6, 6.07) is 13.1. The van der Waals surface area contributed by atoms with E-state index >= 15 is 0 Å². The third-order valence-corrected chi connectivity index (χ3v) is 3.90. The number of rotatable bonds is 5. The van der Waals surface area contributed by atoms with Crippen molar-refractivity contribution in [2.24, 2.45) is 0 Å². The van der Waals surface area contributed by atoms with Crippen molar-refractivity contribution in [2.45, 2.75) is 6.92 Å². The Morgan fingerprint density at radius 3 is 2.59 bits per heavy atom. The molecule has 8 nitrogen and oxygen atoms in total. The fraction of sp³-hybridized carbons (Fsp3) is 0.0556. The Labute approximate surface area is 159 Å². The molecule has 3 N–H and O–H groups in total. The molecular weight excluding hydrogens is 366 g/mol. The van der Waals surface area contributed by atoms with Gasteiger partial charge < -0.3 is 5.32 Å². The zero-order chi connectivity index (χ0) is 19.4. The van der Waals surface area contributed by atoms with Crippen LogP contribution in [-0.2, 0) is 0 Å². The predicted octanol–water partition coefficient (Wildman–Crippen LogP) is 3.61. The van der Waals surface area contributed by atoms with E-state index in [1.54, 1.807) is 30.3 Å². The smallest absolute Gasteiger partial charge is 0.270 e. The van der Waals surface area contributed by atoms with Gasteiger partial charge in [-0.25, -0.2) is 0 Å². The Morgan fingerprint density at radius 1 is 1.22 bits per heavy atom. The minimum absolute atomic E-state index is 0.0528. The van der Waals surface area contributed by atoms with Gasteiger partial charge in [0.1, 0.15) is 0 Å². The maximum atomic E-state index is 12.6. The molecule has 3 rings (SSSR count). The number of nitro benzene ring substituents is 1. The summed E-state index contributed by atoms with van der Waals surface area (Å²) in [5.41, 5.74) is 2.32. The van der Waals surface area contributed by atoms with Gasteiger partial charge in [0, 0.05) is 17.7 Å². The number of aryl methyl sites for hydroxylation is 1. The van der Waals surface area contributed by atoms with Crippen LogP contribution in [0.4, 0.5) is 5.69 Å². The number of carbonyl (C=O) groups is 1. The molecule has 0 saturated heterocycles. The molecule has 0 atom stereocenters. The molecule has 0 radical (unpaired) electrons. The number of carbonyl (C=O) groups excluding carboxylic acids is 1. The van der Waals surface area contributed by atoms with Crippen LogP contribution in [0.3, 0.4) is 0 Å². The van der Waals surface area contributed by atoms with Crippen LogP contribution in [0, 0.1) is 21.8 Å². The molecule has 2 aromatic carbocycles. The average molecular weight is 381 g/mol. The topological polar surface area (TPSA) is 117 Å². The summed E-state index contributed by atoms with van der Waals surface area (Å²) in [7, 11) is 0. The third kappa shape index (κ3) is 4.53. The Hall–Kier alpha value is -3.59. The molecule has 0 saturated carbocycles. The maximum absolute atomic E-state index is 12.6. The van der Waals surface area contributed by atoms with Gasteiger partial charge in [0.2, 0.25) is 4.77 Å². The Morgan fingerprint density at radius 2 is 1.96 bits per heavy atom. The molecule has 0 spiro atoms. The summed E-state index contributed by atoms with van der Waals surface area (Å²) in [6.07, 6.45) is 1.58. The lowest BCUT2D eigenvalue weighted by molar-refractivity contribution is -0.384. The van der Waals surface area contributed by atoms with Crippen LogP contribution >= 0.6 is 12.2 Å². The predicted molar refractivity (Wildman–Crippen MR) is 103 cm³/mol. The highest BCUT2D eigenvalue weighted by atomic mass is 32.1. The highest BCUT2D eigenvalue weighted by Gasteiger charge is 2.13. The molecule has 0 aliphatic heterocycles. The van der Waals surface area contributed by atoms with Crippen molar-refractivity contribution in [1.82, 2.24) is 20.5 Å². The lowest BCUT2D eigenvalue weighted by Crippen LogP contribution is -2.22. The number of nitrogens with one attached hydrogen (secondary N) is 3. The van der Waals surface area contributed by atoms with Crippen LogP contribution in [0.2, 0.25) is 0 Å². The van der Waals surface area contributed by atoms with Crippen LogP contribution in [0.15, 0.2) is 48.5 Å². The molecule has 0 bridgehead atoms. The number of amides is 1. The molecular formula is C18H15N5O3S. The third-order valence-electron chi connectivity index (χ3n) is 3.71. The summed E-state index contributed by atoms with van der Waals surface area (Å²) >= 11 is 4.97. The van der Waals surface area contributed by atoms with E-state index in [1.807, 2.05) is 19.1 Å². The summed E-state index contributed by atoms with van der Waals surface area (Å²) < 4.78 is 0.222. The molecule has 1 amide bonds. The average Bonchev–Trinajstić information content (AvgIpc) is 3.08. The first-order valence-electron chi connectivity index (χ1n) is 7.91. The zero-order valence-electron chi connectivity index (χ0n) is 14.2. The first-order chi connectivity index (χ1) is 12.9. The first-order valence-corrected chi connectivity index (χ1v) is 8.32. The summed E-state index contributed by atoms with van der Waals surface area (Å²) in [6.45, 7) is 1.93. The minimum atomic E-state index is -0.482. The van der Waals surface area contributed by atoms with Gasteiger partial charge in [-0.15, -0.1) is 0 Å². The number of hydrogen-bond donors (Lipinski definition) is 3. The minimum Gasteiger partial charge on any atom is -0.319 e. The van der Waals surface area contributed by atoms with Gasteiger partial charge in [-0.05, 0) is 42.9 Å². The molecule has 0 aliphatic rings. The largest absolute Gasteiger partial charge is 0.319 e. The normalized spacial score (nSPS) is 11.2. The number of hydrogen-bond acceptors (Lipinski definition) is 5. The molecule has 136 valence electrons. The Kier molecular flexibility index (Phi) is 5.23. The molecule has 0 unspecified atom stereocenters. The number of nitro groups is 1. The van der Waals surface area contributed by atoms with E-state index in [4.69, 9.17) is 12.2 Å². The van der Waals surface area contributed by atoms with E-state index in [2.05, 4.69) is 20.5 Å². The number of nitrogens with zero attached hydrogens (tertiary/aromatic N) is 2. The van der Waals surface area contributed by atoms with Gasteiger partial charge in [-0.3, -0.25) is 25.1 Å². The van der Waals surface area contributed by atoms with E-state index in [-0.39, 0.29) is 16.4 Å². The number of non-ortho nitro benzene ring substituents is 1. The highest BCUT2D eigenvalue weighted by Crippen LogP contribution is 2.18. The van der Waals surface area contributed by atoms with Gasteiger partial charge in [0.05, 0.1) is 10.6 Å². The van der Waals surface area contributed by atoms with Gasteiger partial charge in [0.25, 0.3) is 11.6 Å². The van der Waals surface area contributed by atoms with Crippen molar-refractivity contribution >= 4 is 35.6 Å². The van der Waals surface area contributed by atoms with Crippen LogP contribution in [0.1, 0.15) is 27.3 Å². The fourth-order valence-electron chi connectivity index (χ4n) is 2.36. The summed E-state index contributed by atoms with van der Waals surface area (Å²) in [5, 5.41) is 19.2. The molecule has 0 aliphatic carbocycles. The molecule has 3 aromatic rings. The summed E-state index contributed by atoms with van der Waals surface area (Å²) in [4.78, 5) is 27.2. The lowest BCUT2D eigenvalue weighted by Gasteiger charge is -2.08. The quantitative estimate of drug-likeness (QED) is 0.355. The van der Waals surface area contributed by atoms with E-state index in [0.29, 0.717) is 22.6 Å². The highest BCUT2D eigenvalue weighted by molar-refractivity contribution is 7.71. The van der Waals surface area contributed by atoms with E-state index in [9.17, 15) is 14.9 Å². The second-order valence-electron chi connectivity index (χ2n) is 5.75. The van der Waals surface area contributed by atoms with Crippen LogP contribution < -0.4 is 5.32 Å². The molecule has 27 heavy (non-hydrogen) atoms. The Bertz CT molecular complexity index is 1080. The fourth-order valence-corrected chi connectivity index (χ4v) is 2.50. The molecule has 9 heteroatoms. The summed E-state index contributed by atoms with van der Waals surface area (Å²) in [5.74, 6) is -0.0269. The van der Waals surface area contributed by atoms with Crippen molar-refractivity contribution in [3.05, 3.63) is 85.9 Å². The molecule has 0 fully saturated rings. The van der Waals surface area contributed by atoms with Crippen molar-refractivity contribution < 1.29 is 9.72 Å². The zero-order valence-corrected chi connectivity index (χ0v) is 15.0. The second kappa shape index (κ2) is 7.75. The van der Waals surface area contributed by atoms with Crippen LogP contribution in [0.5, 0.6) is 0 Å². The van der Waals surface area contributed by atoms with E-state index in [0.717, 1.165) is 5.56 Å². The monoisotopic (exact) mass is 381 g/mol. The SMILES string of the molecule is Cc1ccc(C(=O)N/C(=C\c2cccc([N+](=O)[O-])c2)c2nc(=S)[nH][nH]2)cc1.